The van der Waals surface area contributed by atoms with Crippen LogP contribution in [0, 0.1) is 0 Å². The van der Waals surface area contributed by atoms with E-state index in [9.17, 15) is 9.59 Å². The quantitative estimate of drug-likeness (QED) is 0.835. The van der Waals surface area contributed by atoms with Crippen LogP contribution in [-0.4, -0.2) is 29.3 Å². The van der Waals surface area contributed by atoms with Crippen LogP contribution in [0.15, 0.2) is 24.3 Å². The molecule has 5 heteroatoms. The molecule has 0 fully saturated rings. The molecule has 0 aromatic heterocycles. The van der Waals surface area contributed by atoms with E-state index in [1.54, 1.807) is 13.0 Å². The van der Waals surface area contributed by atoms with Crippen molar-refractivity contribution in [2.75, 3.05) is 17.7 Å². The van der Waals surface area contributed by atoms with Gasteiger partial charge < -0.3 is 10.1 Å². The van der Waals surface area contributed by atoms with Crippen molar-refractivity contribution in [1.29, 1.82) is 0 Å². The fourth-order valence-electron chi connectivity index (χ4n) is 1.36. The molecule has 4 nitrogen and oxygen atoms in total. The molecule has 0 aliphatic rings. The Hall–Kier alpha value is -1.49. The fourth-order valence-corrected chi connectivity index (χ4v) is 2.06. The summed E-state index contributed by atoms with van der Waals surface area (Å²) in [5.41, 5.74) is 0.658. The van der Waals surface area contributed by atoms with Crippen molar-refractivity contribution in [3.63, 3.8) is 0 Å². The van der Waals surface area contributed by atoms with Crippen LogP contribution < -0.4 is 10.1 Å². The lowest BCUT2D eigenvalue weighted by molar-refractivity contribution is -0.116. The van der Waals surface area contributed by atoms with Gasteiger partial charge in [-0.05, 0) is 32.9 Å². The Balaban J connectivity index is 2.55. The molecule has 1 atom stereocenters. The van der Waals surface area contributed by atoms with Crippen molar-refractivity contribution in [3.8, 4) is 5.75 Å². The number of thioether (sulfide) groups is 1. The number of anilines is 1. The number of carbonyl (C=O) groups excluding carboxylic acids is 2. The van der Waals surface area contributed by atoms with Crippen LogP contribution in [0.4, 0.5) is 5.69 Å². The molecule has 0 aliphatic carbocycles. The van der Waals surface area contributed by atoms with Gasteiger partial charge in [0.15, 0.2) is 0 Å². The summed E-state index contributed by atoms with van der Waals surface area (Å²) >= 11 is 1.33. The van der Waals surface area contributed by atoms with Gasteiger partial charge in [-0.2, -0.15) is 0 Å². The number of carbonyl (C=O) groups is 2. The van der Waals surface area contributed by atoms with E-state index in [4.69, 9.17) is 4.74 Å². The standard InChI is InChI=1S/C14H19NO3S/c1-4-18-13-8-6-5-7-12(13)15-14(17)9-19-11(3)10(2)16/h5-8,11H,4,9H2,1-3H3,(H,15,17). The molecular formula is C14H19NO3S. The third-order valence-corrected chi connectivity index (χ3v) is 3.76. The number of para-hydroxylation sites is 2. The lowest BCUT2D eigenvalue weighted by Crippen LogP contribution is -2.18. The SMILES string of the molecule is CCOc1ccccc1NC(=O)CSC(C)C(C)=O. The maximum atomic E-state index is 11.8. The maximum absolute atomic E-state index is 11.8. The fraction of sp³-hybridized carbons (Fsp3) is 0.429. The first-order valence-electron chi connectivity index (χ1n) is 6.18. The van der Waals surface area contributed by atoms with E-state index in [-0.39, 0.29) is 22.7 Å². The first-order chi connectivity index (χ1) is 9.04. The van der Waals surface area contributed by atoms with Crippen molar-refractivity contribution in [2.45, 2.75) is 26.0 Å². The van der Waals surface area contributed by atoms with Crippen LogP contribution in [-0.2, 0) is 9.59 Å². The van der Waals surface area contributed by atoms with Crippen LogP contribution in [0.1, 0.15) is 20.8 Å². The van der Waals surface area contributed by atoms with Crippen LogP contribution >= 0.6 is 11.8 Å². The van der Waals surface area contributed by atoms with Crippen molar-refractivity contribution in [2.24, 2.45) is 0 Å². The largest absolute Gasteiger partial charge is 0.492 e. The maximum Gasteiger partial charge on any atom is 0.234 e. The van der Waals surface area contributed by atoms with Crippen molar-refractivity contribution < 1.29 is 14.3 Å². The predicted octanol–water partition coefficient (Wildman–Crippen LogP) is 2.73. The Bertz CT molecular complexity index is 448. The van der Waals surface area contributed by atoms with Crippen LogP contribution in [0.2, 0.25) is 0 Å². The number of hydrogen-bond donors (Lipinski definition) is 1. The number of hydrogen-bond acceptors (Lipinski definition) is 4. The first-order valence-corrected chi connectivity index (χ1v) is 7.23. The molecule has 0 saturated carbocycles. The summed E-state index contributed by atoms with van der Waals surface area (Å²) in [6, 6.07) is 7.29. The summed E-state index contributed by atoms with van der Waals surface area (Å²) in [4.78, 5) is 22.9. The van der Waals surface area contributed by atoms with E-state index in [2.05, 4.69) is 5.32 Å². The average molecular weight is 281 g/mol. The molecule has 1 N–H and O–H groups in total. The van der Waals surface area contributed by atoms with Crippen molar-refractivity contribution in [1.82, 2.24) is 0 Å². The Morgan fingerprint density at radius 1 is 1.37 bits per heavy atom. The highest BCUT2D eigenvalue weighted by atomic mass is 32.2. The second-order valence-electron chi connectivity index (χ2n) is 4.04. The number of amides is 1. The number of nitrogens with one attached hydrogen (secondary N) is 1. The molecular weight excluding hydrogens is 262 g/mol. The van der Waals surface area contributed by atoms with Gasteiger partial charge in [0.2, 0.25) is 5.91 Å². The van der Waals surface area contributed by atoms with E-state index in [1.165, 1.54) is 18.7 Å². The number of ether oxygens (including phenoxy) is 1. The van der Waals surface area contributed by atoms with E-state index < -0.39 is 0 Å². The van der Waals surface area contributed by atoms with Crippen LogP contribution in [0.3, 0.4) is 0 Å². The minimum atomic E-state index is -0.159. The minimum Gasteiger partial charge on any atom is -0.492 e. The van der Waals surface area contributed by atoms with Gasteiger partial charge in [-0.15, -0.1) is 11.8 Å². The molecule has 0 heterocycles. The Labute approximate surface area is 117 Å². The summed E-state index contributed by atoms with van der Waals surface area (Å²) in [5.74, 6) is 0.849. The summed E-state index contributed by atoms with van der Waals surface area (Å²) in [5, 5.41) is 2.63. The normalized spacial score (nSPS) is 11.7. The number of Topliss-reactive ketones (excluding diaryl/α,β-unsaturated/α-hetero) is 1. The van der Waals surface area contributed by atoms with Crippen LogP contribution in [0.25, 0.3) is 0 Å². The van der Waals surface area contributed by atoms with Crippen molar-refractivity contribution in [3.05, 3.63) is 24.3 Å². The molecule has 1 aromatic rings. The molecule has 1 unspecified atom stereocenters. The van der Waals surface area contributed by atoms with Gasteiger partial charge in [0.1, 0.15) is 11.5 Å². The Morgan fingerprint density at radius 3 is 2.68 bits per heavy atom. The molecule has 0 radical (unpaired) electrons. The molecule has 1 rings (SSSR count). The summed E-state index contributed by atoms with van der Waals surface area (Å²) in [7, 11) is 0. The average Bonchev–Trinajstić information content (AvgIpc) is 2.38. The molecule has 1 amide bonds. The first kappa shape index (κ1) is 15.6. The summed E-state index contributed by atoms with van der Waals surface area (Å²) < 4.78 is 5.43. The van der Waals surface area contributed by atoms with E-state index in [1.807, 2.05) is 25.1 Å². The van der Waals surface area contributed by atoms with Gasteiger partial charge in [-0.1, -0.05) is 12.1 Å². The monoisotopic (exact) mass is 281 g/mol. The molecule has 0 aliphatic heterocycles. The molecule has 104 valence electrons. The second-order valence-corrected chi connectivity index (χ2v) is 5.37. The van der Waals surface area contributed by atoms with Crippen LogP contribution in [0.5, 0.6) is 5.75 Å². The lowest BCUT2D eigenvalue weighted by Gasteiger charge is -2.12. The smallest absolute Gasteiger partial charge is 0.234 e. The summed E-state index contributed by atoms with van der Waals surface area (Å²) in [6.07, 6.45) is 0. The lowest BCUT2D eigenvalue weighted by atomic mass is 10.3. The minimum absolute atomic E-state index is 0.0764. The summed E-state index contributed by atoms with van der Waals surface area (Å²) in [6.45, 7) is 5.76. The third kappa shape index (κ3) is 5.34. The zero-order valence-electron chi connectivity index (χ0n) is 11.4. The topological polar surface area (TPSA) is 55.4 Å². The number of benzene rings is 1. The third-order valence-electron chi connectivity index (χ3n) is 2.50. The second kappa shape index (κ2) is 7.84. The van der Waals surface area contributed by atoms with E-state index >= 15 is 0 Å². The zero-order chi connectivity index (χ0) is 14.3. The molecule has 1 aromatic carbocycles. The van der Waals surface area contributed by atoms with Gasteiger partial charge in [-0.25, -0.2) is 0 Å². The Kier molecular flexibility index (Phi) is 6.42. The Morgan fingerprint density at radius 2 is 2.05 bits per heavy atom. The highest BCUT2D eigenvalue weighted by Gasteiger charge is 2.12. The van der Waals surface area contributed by atoms with Crippen molar-refractivity contribution >= 4 is 29.1 Å². The number of ketones is 1. The molecule has 0 saturated heterocycles. The zero-order valence-corrected chi connectivity index (χ0v) is 12.3. The highest BCUT2D eigenvalue weighted by molar-refractivity contribution is 8.01. The molecule has 19 heavy (non-hydrogen) atoms. The highest BCUT2D eigenvalue weighted by Crippen LogP contribution is 2.24. The number of rotatable bonds is 7. The van der Waals surface area contributed by atoms with Gasteiger partial charge in [0.05, 0.1) is 23.3 Å². The van der Waals surface area contributed by atoms with E-state index in [0.29, 0.717) is 18.0 Å². The molecule has 0 bridgehead atoms. The van der Waals surface area contributed by atoms with Gasteiger partial charge in [0, 0.05) is 0 Å². The molecule has 0 spiro atoms. The van der Waals surface area contributed by atoms with Gasteiger partial charge in [0.25, 0.3) is 0 Å². The predicted molar refractivity (Wildman–Crippen MR) is 78.8 cm³/mol. The van der Waals surface area contributed by atoms with E-state index in [0.717, 1.165) is 0 Å². The van der Waals surface area contributed by atoms with Gasteiger partial charge in [-0.3, -0.25) is 9.59 Å². The van der Waals surface area contributed by atoms with Gasteiger partial charge >= 0.3 is 0 Å².